The first-order chi connectivity index (χ1) is 8.11. The number of hydrogen-bond acceptors (Lipinski definition) is 2. The summed E-state index contributed by atoms with van der Waals surface area (Å²) in [6.45, 7) is 8.05. The first-order valence-corrected chi connectivity index (χ1v) is 7.11. The zero-order valence-electron chi connectivity index (χ0n) is 11.6. The Bertz CT molecular complexity index is 220. The lowest BCUT2D eigenvalue weighted by Crippen LogP contribution is -2.42. The Morgan fingerprint density at radius 2 is 1.82 bits per heavy atom. The second-order valence-electron chi connectivity index (χ2n) is 5.70. The Hall–Kier alpha value is -0.570. The van der Waals surface area contributed by atoms with E-state index in [1.165, 1.54) is 19.3 Å². The summed E-state index contributed by atoms with van der Waals surface area (Å²) in [5.74, 6) is 1.73. The van der Waals surface area contributed by atoms with E-state index in [0.29, 0.717) is 12.6 Å². The average molecular weight is 240 g/mol. The molecule has 0 heterocycles. The van der Waals surface area contributed by atoms with Crippen LogP contribution in [0.25, 0.3) is 0 Å². The summed E-state index contributed by atoms with van der Waals surface area (Å²) >= 11 is 0. The fraction of sp³-hybridized carbons (Fsp3) is 0.929. The van der Waals surface area contributed by atoms with E-state index in [4.69, 9.17) is 0 Å². The molecule has 1 amide bonds. The fourth-order valence-corrected chi connectivity index (χ4v) is 2.82. The number of nitrogens with one attached hydrogen (secondary N) is 2. The van der Waals surface area contributed by atoms with Crippen LogP contribution in [0.2, 0.25) is 0 Å². The highest BCUT2D eigenvalue weighted by Crippen LogP contribution is 2.28. The highest BCUT2D eigenvalue weighted by molar-refractivity contribution is 5.77. The van der Waals surface area contributed by atoms with Gasteiger partial charge in [-0.2, -0.15) is 0 Å². The third-order valence-corrected chi connectivity index (χ3v) is 3.58. The summed E-state index contributed by atoms with van der Waals surface area (Å²) < 4.78 is 0. The molecule has 2 N–H and O–H groups in total. The zero-order chi connectivity index (χ0) is 12.7. The van der Waals surface area contributed by atoms with Crippen molar-refractivity contribution in [2.24, 2.45) is 11.8 Å². The van der Waals surface area contributed by atoms with E-state index < -0.39 is 0 Å². The minimum Gasteiger partial charge on any atom is -0.355 e. The molecule has 0 radical (unpaired) electrons. The first-order valence-electron chi connectivity index (χ1n) is 7.11. The smallest absolute Gasteiger partial charge is 0.233 e. The molecule has 0 aromatic rings. The lowest BCUT2D eigenvalue weighted by molar-refractivity contribution is -0.120. The van der Waals surface area contributed by atoms with Gasteiger partial charge < -0.3 is 10.6 Å². The molecular formula is C14H28N2O. The topological polar surface area (TPSA) is 41.1 Å². The molecule has 1 aliphatic carbocycles. The zero-order valence-corrected chi connectivity index (χ0v) is 11.6. The predicted molar refractivity (Wildman–Crippen MR) is 71.9 cm³/mol. The van der Waals surface area contributed by atoms with Crippen LogP contribution in [-0.4, -0.2) is 25.0 Å². The molecule has 0 saturated heterocycles. The van der Waals surface area contributed by atoms with E-state index in [1.807, 2.05) is 0 Å². The second-order valence-corrected chi connectivity index (χ2v) is 5.70. The fourth-order valence-electron chi connectivity index (χ4n) is 2.82. The van der Waals surface area contributed by atoms with Gasteiger partial charge in [0, 0.05) is 12.6 Å². The van der Waals surface area contributed by atoms with E-state index in [9.17, 15) is 4.79 Å². The molecule has 17 heavy (non-hydrogen) atoms. The van der Waals surface area contributed by atoms with Gasteiger partial charge in [-0.15, -0.1) is 0 Å². The molecule has 2 unspecified atom stereocenters. The summed E-state index contributed by atoms with van der Waals surface area (Å²) in [5.41, 5.74) is 0. The van der Waals surface area contributed by atoms with Gasteiger partial charge in [0.25, 0.3) is 0 Å². The number of amides is 1. The SMILES string of the molecule is CCCCNC(=O)CNC1CC(C)CC(C)C1. The van der Waals surface area contributed by atoms with Gasteiger partial charge in [-0.05, 0) is 37.5 Å². The molecular weight excluding hydrogens is 212 g/mol. The van der Waals surface area contributed by atoms with Gasteiger partial charge in [0.2, 0.25) is 5.91 Å². The van der Waals surface area contributed by atoms with Crippen molar-refractivity contribution in [2.45, 2.75) is 58.9 Å². The molecule has 1 rings (SSSR count). The Kier molecular flexibility index (Phi) is 6.56. The quantitative estimate of drug-likeness (QED) is 0.700. The van der Waals surface area contributed by atoms with Crippen molar-refractivity contribution < 1.29 is 4.79 Å². The summed E-state index contributed by atoms with van der Waals surface area (Å²) in [5, 5.41) is 6.34. The van der Waals surface area contributed by atoms with Crippen molar-refractivity contribution in [1.29, 1.82) is 0 Å². The highest BCUT2D eigenvalue weighted by atomic mass is 16.1. The molecule has 2 atom stereocenters. The van der Waals surface area contributed by atoms with Crippen molar-refractivity contribution in [3.8, 4) is 0 Å². The van der Waals surface area contributed by atoms with E-state index in [2.05, 4.69) is 31.4 Å². The monoisotopic (exact) mass is 240 g/mol. The largest absolute Gasteiger partial charge is 0.355 e. The lowest BCUT2D eigenvalue weighted by atomic mass is 9.80. The molecule has 1 fully saturated rings. The Morgan fingerprint density at radius 3 is 2.41 bits per heavy atom. The van der Waals surface area contributed by atoms with E-state index in [-0.39, 0.29) is 5.91 Å². The highest BCUT2D eigenvalue weighted by Gasteiger charge is 2.23. The minimum atomic E-state index is 0.143. The van der Waals surface area contributed by atoms with Crippen molar-refractivity contribution in [3.63, 3.8) is 0 Å². The molecule has 0 bridgehead atoms. The standard InChI is InChI=1S/C14H28N2O/c1-4-5-6-15-14(17)10-16-13-8-11(2)7-12(3)9-13/h11-13,16H,4-10H2,1-3H3,(H,15,17). The molecule has 0 aliphatic heterocycles. The van der Waals surface area contributed by atoms with Crippen molar-refractivity contribution >= 4 is 5.91 Å². The molecule has 1 aliphatic rings. The third-order valence-electron chi connectivity index (χ3n) is 3.58. The third kappa shape index (κ3) is 6.06. The van der Waals surface area contributed by atoms with Gasteiger partial charge in [-0.25, -0.2) is 0 Å². The van der Waals surface area contributed by atoms with Crippen LogP contribution in [0.4, 0.5) is 0 Å². The summed E-state index contributed by atoms with van der Waals surface area (Å²) in [6, 6.07) is 0.533. The Morgan fingerprint density at radius 1 is 1.18 bits per heavy atom. The van der Waals surface area contributed by atoms with Crippen LogP contribution in [0.15, 0.2) is 0 Å². The average Bonchev–Trinajstić information content (AvgIpc) is 2.25. The number of rotatable bonds is 6. The molecule has 1 saturated carbocycles. The molecule has 3 heteroatoms. The van der Waals surface area contributed by atoms with E-state index >= 15 is 0 Å². The van der Waals surface area contributed by atoms with Crippen LogP contribution in [0.3, 0.4) is 0 Å². The van der Waals surface area contributed by atoms with Crippen LogP contribution in [0, 0.1) is 11.8 Å². The van der Waals surface area contributed by atoms with Crippen molar-refractivity contribution in [1.82, 2.24) is 10.6 Å². The number of unbranched alkanes of at least 4 members (excludes halogenated alkanes) is 1. The van der Waals surface area contributed by atoms with E-state index in [0.717, 1.165) is 31.2 Å². The van der Waals surface area contributed by atoms with Crippen LogP contribution < -0.4 is 10.6 Å². The van der Waals surface area contributed by atoms with Gasteiger partial charge in [0.05, 0.1) is 6.54 Å². The maximum Gasteiger partial charge on any atom is 0.233 e. The number of carbonyl (C=O) groups is 1. The predicted octanol–water partition coefficient (Wildman–Crippen LogP) is 2.32. The molecule has 100 valence electrons. The van der Waals surface area contributed by atoms with Crippen LogP contribution in [-0.2, 0) is 4.79 Å². The van der Waals surface area contributed by atoms with Crippen LogP contribution in [0.1, 0.15) is 52.9 Å². The second kappa shape index (κ2) is 7.70. The van der Waals surface area contributed by atoms with E-state index in [1.54, 1.807) is 0 Å². The minimum absolute atomic E-state index is 0.143. The summed E-state index contributed by atoms with van der Waals surface area (Å²) in [4.78, 5) is 11.5. The first kappa shape index (κ1) is 14.5. The Balaban J connectivity index is 2.14. The van der Waals surface area contributed by atoms with Gasteiger partial charge >= 0.3 is 0 Å². The lowest BCUT2D eigenvalue weighted by Gasteiger charge is -2.31. The van der Waals surface area contributed by atoms with Gasteiger partial charge in [-0.3, -0.25) is 4.79 Å². The van der Waals surface area contributed by atoms with Crippen molar-refractivity contribution in [3.05, 3.63) is 0 Å². The van der Waals surface area contributed by atoms with Gasteiger partial charge in [0.1, 0.15) is 0 Å². The molecule has 0 aromatic heterocycles. The maximum absolute atomic E-state index is 11.5. The number of carbonyl (C=O) groups excluding carboxylic acids is 1. The summed E-state index contributed by atoms with van der Waals surface area (Å²) in [6.07, 6.45) is 5.97. The van der Waals surface area contributed by atoms with Crippen molar-refractivity contribution in [2.75, 3.05) is 13.1 Å². The van der Waals surface area contributed by atoms with Crippen LogP contribution in [0.5, 0.6) is 0 Å². The normalized spacial score (nSPS) is 29.0. The molecule has 3 nitrogen and oxygen atoms in total. The summed E-state index contributed by atoms with van der Waals surface area (Å²) in [7, 11) is 0. The molecule has 0 aromatic carbocycles. The van der Waals surface area contributed by atoms with Gasteiger partial charge in [-0.1, -0.05) is 27.2 Å². The maximum atomic E-state index is 11.5. The molecule has 0 spiro atoms. The van der Waals surface area contributed by atoms with Crippen LogP contribution >= 0.6 is 0 Å². The Labute approximate surface area is 106 Å². The number of hydrogen-bond donors (Lipinski definition) is 2. The van der Waals surface area contributed by atoms with Gasteiger partial charge in [0.15, 0.2) is 0 Å².